The van der Waals surface area contributed by atoms with Crippen LogP contribution in [0.25, 0.3) is 0 Å². The lowest BCUT2D eigenvalue weighted by atomic mass is 10.2. The third-order valence-electron chi connectivity index (χ3n) is 5.36. The Bertz CT molecular complexity index is 692. The Morgan fingerprint density at radius 2 is 2.23 bits per heavy atom. The van der Waals surface area contributed by atoms with Gasteiger partial charge < -0.3 is 19.9 Å². The van der Waals surface area contributed by atoms with Crippen molar-refractivity contribution in [1.82, 2.24) is 15.2 Å². The van der Waals surface area contributed by atoms with E-state index < -0.39 is 0 Å². The van der Waals surface area contributed by atoms with Crippen LogP contribution in [0.3, 0.4) is 0 Å². The molecular weight excluding hydrogens is 352 g/mol. The number of carbonyl (C=O) groups is 2. The molecule has 1 aromatic heterocycles. The molecule has 140 valence electrons. The van der Waals surface area contributed by atoms with Crippen molar-refractivity contribution in [3.8, 4) is 0 Å². The van der Waals surface area contributed by atoms with Gasteiger partial charge in [-0.15, -0.1) is 11.8 Å². The topological polar surface area (TPSA) is 74.8 Å². The molecule has 7 nitrogen and oxygen atoms in total. The quantitative estimate of drug-likeness (QED) is 0.845. The van der Waals surface area contributed by atoms with E-state index in [0.29, 0.717) is 18.7 Å². The molecule has 26 heavy (non-hydrogen) atoms. The van der Waals surface area contributed by atoms with E-state index in [-0.39, 0.29) is 22.7 Å². The molecule has 3 saturated heterocycles. The first-order valence-electron chi connectivity index (χ1n) is 9.08. The smallest absolute Gasteiger partial charge is 0.243 e. The fourth-order valence-electron chi connectivity index (χ4n) is 3.82. The van der Waals surface area contributed by atoms with Crippen LogP contribution in [0, 0.1) is 0 Å². The fourth-order valence-corrected chi connectivity index (χ4v) is 5.25. The van der Waals surface area contributed by atoms with E-state index in [0.717, 1.165) is 44.1 Å². The van der Waals surface area contributed by atoms with E-state index in [9.17, 15) is 9.59 Å². The summed E-state index contributed by atoms with van der Waals surface area (Å²) in [5.41, 5.74) is 0.955. The Kier molecular flexibility index (Phi) is 4.79. The van der Waals surface area contributed by atoms with Gasteiger partial charge in [0.1, 0.15) is 11.9 Å². The number of anilines is 1. The van der Waals surface area contributed by atoms with Crippen LogP contribution in [0.15, 0.2) is 18.3 Å². The average Bonchev–Trinajstić information content (AvgIpc) is 3.17. The summed E-state index contributed by atoms with van der Waals surface area (Å²) < 4.78 is 5.36. The van der Waals surface area contributed by atoms with Crippen LogP contribution in [-0.2, 0) is 20.9 Å². The lowest BCUT2D eigenvalue weighted by molar-refractivity contribution is -0.138. The van der Waals surface area contributed by atoms with Crippen molar-refractivity contribution in [2.24, 2.45) is 0 Å². The number of fused-ring (bicyclic) bond motifs is 1. The number of thioether (sulfide) groups is 1. The molecule has 8 heteroatoms. The molecule has 1 aromatic rings. The van der Waals surface area contributed by atoms with Gasteiger partial charge in [-0.25, -0.2) is 4.98 Å². The second-order valence-corrected chi connectivity index (χ2v) is 8.61. The van der Waals surface area contributed by atoms with E-state index in [4.69, 9.17) is 4.74 Å². The molecule has 2 amide bonds. The SMILES string of the molecule is C[C@@]12CCC(=O)N1[C@H](C(=O)NCc1ccc(N3CCOCC3)nc1)CS2. The monoisotopic (exact) mass is 376 g/mol. The second-order valence-electron chi connectivity index (χ2n) is 7.11. The van der Waals surface area contributed by atoms with Crippen molar-refractivity contribution < 1.29 is 14.3 Å². The van der Waals surface area contributed by atoms with Gasteiger partial charge in [-0.1, -0.05) is 6.07 Å². The number of carbonyl (C=O) groups excluding carboxylic acids is 2. The number of morpholine rings is 1. The molecule has 2 atom stereocenters. The van der Waals surface area contributed by atoms with E-state index in [2.05, 4.69) is 22.1 Å². The standard InChI is InChI=1S/C18H24N4O3S/c1-18-5-4-16(23)22(18)14(12-26-18)17(24)20-11-13-2-3-15(19-10-13)21-6-8-25-9-7-21/h2-3,10,14H,4-9,11-12H2,1H3,(H,20,24)/t14-,18+/m0/s1. The van der Waals surface area contributed by atoms with Crippen molar-refractivity contribution in [2.45, 2.75) is 37.2 Å². The molecule has 3 aliphatic rings. The number of aromatic nitrogens is 1. The van der Waals surface area contributed by atoms with Gasteiger partial charge in [-0.05, 0) is 25.0 Å². The number of rotatable bonds is 4. The molecule has 0 aromatic carbocycles. The number of nitrogens with zero attached hydrogens (tertiary/aromatic N) is 3. The number of hydrogen-bond donors (Lipinski definition) is 1. The maximum Gasteiger partial charge on any atom is 0.243 e. The molecule has 0 saturated carbocycles. The van der Waals surface area contributed by atoms with Crippen molar-refractivity contribution in [2.75, 3.05) is 37.0 Å². The Balaban J connectivity index is 1.34. The number of amides is 2. The maximum absolute atomic E-state index is 12.6. The van der Waals surface area contributed by atoms with Crippen LogP contribution < -0.4 is 10.2 Å². The molecule has 1 N–H and O–H groups in total. The van der Waals surface area contributed by atoms with Gasteiger partial charge in [0, 0.05) is 38.0 Å². The second kappa shape index (κ2) is 7.08. The molecule has 3 aliphatic heterocycles. The Labute approximate surface area is 157 Å². The van der Waals surface area contributed by atoms with Crippen LogP contribution in [0.4, 0.5) is 5.82 Å². The normalized spacial score (nSPS) is 28.3. The van der Waals surface area contributed by atoms with E-state index in [1.165, 1.54) is 0 Å². The minimum Gasteiger partial charge on any atom is -0.378 e. The third kappa shape index (κ3) is 3.27. The van der Waals surface area contributed by atoms with Crippen LogP contribution in [-0.4, -0.2) is 64.7 Å². The Morgan fingerprint density at radius 3 is 2.96 bits per heavy atom. The summed E-state index contributed by atoms with van der Waals surface area (Å²) in [6.45, 7) is 5.65. The van der Waals surface area contributed by atoms with Crippen LogP contribution in [0.5, 0.6) is 0 Å². The van der Waals surface area contributed by atoms with Crippen molar-refractivity contribution in [3.63, 3.8) is 0 Å². The van der Waals surface area contributed by atoms with Gasteiger partial charge in [-0.2, -0.15) is 0 Å². The molecule has 0 unspecified atom stereocenters. The number of ether oxygens (including phenoxy) is 1. The van der Waals surface area contributed by atoms with E-state index >= 15 is 0 Å². The molecule has 4 heterocycles. The van der Waals surface area contributed by atoms with Crippen LogP contribution in [0.2, 0.25) is 0 Å². The van der Waals surface area contributed by atoms with Crippen LogP contribution in [0.1, 0.15) is 25.3 Å². The number of pyridine rings is 1. The highest BCUT2D eigenvalue weighted by Crippen LogP contribution is 2.47. The first-order valence-corrected chi connectivity index (χ1v) is 10.1. The van der Waals surface area contributed by atoms with Crippen molar-refractivity contribution in [3.05, 3.63) is 23.9 Å². The van der Waals surface area contributed by atoms with Gasteiger partial charge >= 0.3 is 0 Å². The summed E-state index contributed by atoms with van der Waals surface area (Å²) in [5, 5.41) is 2.97. The van der Waals surface area contributed by atoms with Gasteiger partial charge in [0.2, 0.25) is 11.8 Å². The van der Waals surface area contributed by atoms with E-state index in [1.54, 1.807) is 22.9 Å². The molecule has 4 rings (SSSR count). The summed E-state index contributed by atoms with van der Waals surface area (Å²) in [4.78, 5) is 33.0. The predicted octanol–water partition coefficient (Wildman–Crippen LogP) is 0.988. The predicted molar refractivity (Wildman–Crippen MR) is 99.8 cm³/mol. The molecule has 0 radical (unpaired) electrons. The highest BCUT2D eigenvalue weighted by molar-refractivity contribution is 8.01. The number of hydrogen-bond acceptors (Lipinski definition) is 6. The third-order valence-corrected chi connectivity index (χ3v) is 6.86. The average molecular weight is 376 g/mol. The van der Waals surface area contributed by atoms with Crippen molar-refractivity contribution >= 4 is 29.4 Å². The van der Waals surface area contributed by atoms with Gasteiger partial charge in [0.05, 0.1) is 18.1 Å². The molecule has 0 aliphatic carbocycles. The van der Waals surface area contributed by atoms with Gasteiger partial charge in [0.25, 0.3) is 0 Å². The minimum absolute atomic E-state index is 0.0752. The van der Waals surface area contributed by atoms with Gasteiger partial charge in [0.15, 0.2) is 0 Å². The molecular formula is C18H24N4O3S. The van der Waals surface area contributed by atoms with Gasteiger partial charge in [-0.3, -0.25) is 9.59 Å². The lowest BCUT2D eigenvalue weighted by Crippen LogP contribution is -2.49. The summed E-state index contributed by atoms with van der Waals surface area (Å²) in [7, 11) is 0. The number of nitrogens with one attached hydrogen (secondary N) is 1. The summed E-state index contributed by atoms with van der Waals surface area (Å²) >= 11 is 1.71. The first kappa shape index (κ1) is 17.6. The zero-order valence-electron chi connectivity index (χ0n) is 14.9. The largest absolute Gasteiger partial charge is 0.378 e. The highest BCUT2D eigenvalue weighted by Gasteiger charge is 2.52. The maximum atomic E-state index is 12.6. The zero-order valence-corrected chi connectivity index (χ0v) is 15.8. The summed E-state index contributed by atoms with van der Waals surface area (Å²) in [6, 6.07) is 3.62. The van der Waals surface area contributed by atoms with Crippen LogP contribution >= 0.6 is 11.8 Å². The molecule has 0 bridgehead atoms. The Hall–Kier alpha value is -1.80. The summed E-state index contributed by atoms with van der Waals surface area (Å²) in [6.07, 6.45) is 3.17. The molecule has 0 spiro atoms. The van der Waals surface area contributed by atoms with E-state index in [1.807, 2.05) is 12.1 Å². The summed E-state index contributed by atoms with van der Waals surface area (Å²) in [5.74, 6) is 1.62. The highest BCUT2D eigenvalue weighted by atomic mass is 32.2. The zero-order chi connectivity index (χ0) is 18.1. The fraction of sp³-hybridized carbons (Fsp3) is 0.611. The minimum atomic E-state index is -0.361. The van der Waals surface area contributed by atoms with Crippen molar-refractivity contribution in [1.29, 1.82) is 0 Å². The lowest BCUT2D eigenvalue weighted by Gasteiger charge is -2.29. The first-order chi connectivity index (χ1) is 12.6. The Morgan fingerprint density at radius 1 is 1.42 bits per heavy atom. The molecule has 3 fully saturated rings.